The first kappa shape index (κ1) is 8.85. The second kappa shape index (κ2) is 3.56. The Morgan fingerprint density at radius 3 is 3.14 bits per heavy atom. The number of rotatable bonds is 3. The van der Waals surface area contributed by atoms with Crippen molar-refractivity contribution in [1.29, 1.82) is 0 Å². The summed E-state index contributed by atoms with van der Waals surface area (Å²) < 4.78 is 4.84. The van der Waals surface area contributed by atoms with Crippen molar-refractivity contribution in [2.24, 2.45) is 5.73 Å². The molecule has 7 nitrogen and oxygen atoms in total. The number of nitrogens with one attached hydrogen (secondary N) is 1. The van der Waals surface area contributed by atoms with Crippen molar-refractivity contribution >= 4 is 0 Å². The van der Waals surface area contributed by atoms with E-state index < -0.39 is 6.04 Å². The van der Waals surface area contributed by atoms with E-state index in [4.69, 9.17) is 15.4 Å². The molecule has 0 aliphatic carbocycles. The molecule has 2 heterocycles. The molecule has 74 valence electrons. The van der Waals surface area contributed by atoms with Gasteiger partial charge in [0.2, 0.25) is 11.7 Å². The molecule has 0 saturated heterocycles. The largest absolute Gasteiger partial charge is 0.394 e. The lowest BCUT2D eigenvalue weighted by atomic mass is 10.3. The number of aromatic nitrogens is 4. The maximum atomic E-state index is 8.75. The predicted octanol–water partition coefficient (Wildman–Crippen LogP) is -0.548. The summed E-state index contributed by atoms with van der Waals surface area (Å²) in [6.45, 7) is -0.236. The average molecular weight is 195 g/mol. The van der Waals surface area contributed by atoms with Gasteiger partial charge in [0.25, 0.3) is 0 Å². The monoisotopic (exact) mass is 195 g/mol. The van der Waals surface area contributed by atoms with Crippen molar-refractivity contribution in [3.05, 3.63) is 18.3 Å². The van der Waals surface area contributed by atoms with Crippen LogP contribution in [-0.4, -0.2) is 31.8 Å². The number of H-pyrrole nitrogens is 1. The van der Waals surface area contributed by atoms with Gasteiger partial charge in [0, 0.05) is 12.4 Å². The number of nitrogens with zero attached hydrogens (tertiary/aromatic N) is 3. The molecule has 2 rings (SSSR count). The van der Waals surface area contributed by atoms with Gasteiger partial charge in [-0.2, -0.15) is 4.98 Å². The van der Waals surface area contributed by atoms with Gasteiger partial charge in [-0.15, -0.1) is 0 Å². The number of hydrogen-bond acceptors (Lipinski definition) is 6. The van der Waals surface area contributed by atoms with Gasteiger partial charge >= 0.3 is 0 Å². The Bertz CT molecular complexity index is 396. The van der Waals surface area contributed by atoms with Crippen molar-refractivity contribution in [3.8, 4) is 11.6 Å². The SMILES string of the molecule is N[C@@H](CO)c1nc(-c2ncc[nH]2)no1. The van der Waals surface area contributed by atoms with Crippen molar-refractivity contribution in [3.63, 3.8) is 0 Å². The van der Waals surface area contributed by atoms with Gasteiger partial charge in [0.15, 0.2) is 5.82 Å². The normalized spacial score (nSPS) is 13.0. The summed E-state index contributed by atoms with van der Waals surface area (Å²) in [6.07, 6.45) is 3.23. The Kier molecular flexibility index (Phi) is 2.25. The summed E-state index contributed by atoms with van der Waals surface area (Å²) in [5.41, 5.74) is 5.48. The topological polar surface area (TPSA) is 114 Å². The summed E-state index contributed by atoms with van der Waals surface area (Å²) in [4.78, 5) is 10.7. The highest BCUT2D eigenvalue weighted by molar-refractivity contribution is 5.40. The maximum absolute atomic E-state index is 8.75. The minimum Gasteiger partial charge on any atom is -0.394 e. The quantitative estimate of drug-likeness (QED) is 0.605. The maximum Gasteiger partial charge on any atom is 0.246 e. The van der Waals surface area contributed by atoms with Crippen LogP contribution in [0.25, 0.3) is 11.6 Å². The minimum absolute atomic E-state index is 0.193. The van der Waals surface area contributed by atoms with E-state index in [0.717, 1.165) is 0 Å². The zero-order valence-electron chi connectivity index (χ0n) is 7.21. The molecule has 2 aromatic rings. The predicted molar refractivity (Wildman–Crippen MR) is 45.9 cm³/mol. The minimum atomic E-state index is -0.647. The third-order valence-corrected chi connectivity index (χ3v) is 1.67. The summed E-state index contributed by atoms with van der Waals surface area (Å²) in [7, 11) is 0. The first-order valence-corrected chi connectivity index (χ1v) is 4.01. The van der Waals surface area contributed by atoms with Crippen LogP contribution in [0.1, 0.15) is 11.9 Å². The molecule has 0 spiro atoms. The van der Waals surface area contributed by atoms with Crippen molar-refractivity contribution in [1.82, 2.24) is 20.1 Å². The molecule has 0 fully saturated rings. The lowest BCUT2D eigenvalue weighted by molar-refractivity contribution is 0.237. The van der Waals surface area contributed by atoms with Crippen LogP contribution in [0.2, 0.25) is 0 Å². The Balaban J connectivity index is 2.26. The van der Waals surface area contributed by atoms with Crippen LogP contribution in [0.5, 0.6) is 0 Å². The van der Waals surface area contributed by atoms with Crippen LogP contribution >= 0.6 is 0 Å². The molecule has 0 aromatic carbocycles. The number of hydrogen-bond donors (Lipinski definition) is 3. The third-order valence-electron chi connectivity index (χ3n) is 1.67. The number of aliphatic hydroxyl groups is 1. The molecule has 0 aliphatic rings. The fourth-order valence-electron chi connectivity index (χ4n) is 0.948. The molecular formula is C7H9N5O2. The van der Waals surface area contributed by atoms with E-state index in [1.807, 2.05) is 0 Å². The van der Waals surface area contributed by atoms with Crippen LogP contribution in [0.3, 0.4) is 0 Å². The van der Waals surface area contributed by atoms with E-state index in [0.29, 0.717) is 11.6 Å². The molecule has 14 heavy (non-hydrogen) atoms. The molecule has 0 aliphatic heterocycles. The molecule has 0 radical (unpaired) electrons. The van der Waals surface area contributed by atoms with Gasteiger partial charge in [-0.25, -0.2) is 4.98 Å². The highest BCUT2D eigenvalue weighted by Crippen LogP contribution is 2.12. The van der Waals surface area contributed by atoms with Crippen LogP contribution in [-0.2, 0) is 0 Å². The van der Waals surface area contributed by atoms with Gasteiger partial charge in [-0.1, -0.05) is 5.16 Å². The Morgan fingerprint density at radius 1 is 1.64 bits per heavy atom. The van der Waals surface area contributed by atoms with Crippen LogP contribution in [0.15, 0.2) is 16.9 Å². The van der Waals surface area contributed by atoms with Gasteiger partial charge in [0.1, 0.15) is 6.04 Å². The zero-order valence-corrected chi connectivity index (χ0v) is 7.21. The van der Waals surface area contributed by atoms with E-state index in [1.54, 1.807) is 12.4 Å². The highest BCUT2D eigenvalue weighted by Gasteiger charge is 2.15. The van der Waals surface area contributed by atoms with Crippen molar-refractivity contribution in [2.75, 3.05) is 6.61 Å². The van der Waals surface area contributed by atoms with E-state index in [2.05, 4.69) is 20.1 Å². The fraction of sp³-hybridized carbons (Fsp3) is 0.286. The molecule has 0 bridgehead atoms. The van der Waals surface area contributed by atoms with Gasteiger partial charge in [-0.05, 0) is 0 Å². The summed E-state index contributed by atoms with van der Waals surface area (Å²) in [5.74, 6) is 1.03. The van der Waals surface area contributed by atoms with Gasteiger partial charge in [0.05, 0.1) is 6.61 Å². The molecule has 4 N–H and O–H groups in total. The lowest BCUT2D eigenvalue weighted by Gasteiger charge is -1.98. The Labute approximate surface area is 79.0 Å². The number of nitrogens with two attached hydrogens (primary N) is 1. The second-order valence-corrected chi connectivity index (χ2v) is 2.68. The molecule has 0 saturated carbocycles. The fourth-order valence-corrected chi connectivity index (χ4v) is 0.948. The third kappa shape index (κ3) is 1.50. The summed E-state index contributed by atoms with van der Waals surface area (Å²) in [6, 6.07) is -0.647. The smallest absolute Gasteiger partial charge is 0.246 e. The molecule has 0 amide bonds. The highest BCUT2D eigenvalue weighted by atomic mass is 16.5. The lowest BCUT2D eigenvalue weighted by Crippen LogP contribution is -2.14. The first-order valence-electron chi connectivity index (χ1n) is 4.01. The van der Waals surface area contributed by atoms with Gasteiger partial charge < -0.3 is 20.3 Å². The Hall–Kier alpha value is -1.73. The second-order valence-electron chi connectivity index (χ2n) is 2.68. The zero-order chi connectivity index (χ0) is 9.97. The number of aromatic amines is 1. The number of imidazole rings is 1. The van der Waals surface area contributed by atoms with E-state index in [1.165, 1.54) is 0 Å². The number of aliphatic hydroxyl groups excluding tert-OH is 1. The standard InChI is InChI=1S/C7H9N5O2/c8-4(3-13)7-11-6(12-14-7)5-9-1-2-10-5/h1-2,4,13H,3,8H2,(H,9,10)/t4-/m0/s1. The summed E-state index contributed by atoms with van der Waals surface area (Å²) >= 11 is 0. The summed E-state index contributed by atoms with van der Waals surface area (Å²) in [5, 5.41) is 12.4. The Morgan fingerprint density at radius 2 is 2.50 bits per heavy atom. The first-order chi connectivity index (χ1) is 6.81. The van der Waals surface area contributed by atoms with Crippen molar-refractivity contribution < 1.29 is 9.63 Å². The molecule has 1 atom stereocenters. The molecule has 0 unspecified atom stereocenters. The van der Waals surface area contributed by atoms with Crippen LogP contribution in [0.4, 0.5) is 0 Å². The van der Waals surface area contributed by atoms with Crippen LogP contribution < -0.4 is 5.73 Å². The molecule has 7 heteroatoms. The van der Waals surface area contributed by atoms with E-state index in [9.17, 15) is 0 Å². The average Bonchev–Trinajstić information content (AvgIpc) is 2.86. The van der Waals surface area contributed by atoms with Gasteiger partial charge in [-0.3, -0.25) is 0 Å². The van der Waals surface area contributed by atoms with Crippen molar-refractivity contribution in [2.45, 2.75) is 6.04 Å². The molecular weight excluding hydrogens is 186 g/mol. The molecule has 2 aromatic heterocycles. The van der Waals surface area contributed by atoms with E-state index in [-0.39, 0.29) is 12.5 Å². The van der Waals surface area contributed by atoms with Crippen LogP contribution in [0, 0.1) is 0 Å². The van der Waals surface area contributed by atoms with E-state index >= 15 is 0 Å².